The monoisotopic (exact) mass is 329 g/mol. The first-order chi connectivity index (χ1) is 11.3. The van der Waals surface area contributed by atoms with Gasteiger partial charge in [-0.2, -0.15) is 0 Å². The van der Waals surface area contributed by atoms with Gasteiger partial charge >= 0.3 is 5.97 Å². The van der Waals surface area contributed by atoms with Crippen molar-refractivity contribution in [2.75, 3.05) is 11.5 Å². The summed E-state index contributed by atoms with van der Waals surface area (Å²) in [5, 5.41) is 0. The van der Waals surface area contributed by atoms with Crippen molar-refractivity contribution in [2.45, 2.75) is 38.9 Å². The van der Waals surface area contributed by atoms with Gasteiger partial charge in [-0.15, -0.1) is 0 Å². The van der Waals surface area contributed by atoms with Gasteiger partial charge < -0.3 is 9.47 Å². The zero-order valence-corrected chi connectivity index (χ0v) is 13.9. The first-order valence-corrected chi connectivity index (χ1v) is 7.81. The third-order valence-corrected chi connectivity index (χ3v) is 4.18. The van der Waals surface area contributed by atoms with Gasteiger partial charge in [-0.05, 0) is 45.0 Å². The van der Waals surface area contributed by atoms with Crippen LogP contribution in [0.1, 0.15) is 37.6 Å². The zero-order chi connectivity index (χ0) is 17.5. The van der Waals surface area contributed by atoms with Crippen LogP contribution >= 0.6 is 0 Å². The molecule has 2 amide bonds. The molecule has 2 aliphatic rings. The predicted molar refractivity (Wildman–Crippen MR) is 86.5 cm³/mol. The van der Waals surface area contributed by atoms with Crippen molar-refractivity contribution in [2.24, 2.45) is 0 Å². The Morgan fingerprint density at radius 3 is 2.46 bits per heavy atom. The third-order valence-electron chi connectivity index (χ3n) is 4.18. The lowest BCUT2D eigenvalue weighted by Gasteiger charge is -2.43. The molecular weight excluding hydrogens is 310 g/mol. The van der Waals surface area contributed by atoms with Crippen LogP contribution in [0.3, 0.4) is 0 Å². The van der Waals surface area contributed by atoms with Crippen LogP contribution in [0.5, 0.6) is 0 Å². The first kappa shape index (κ1) is 16.4. The van der Waals surface area contributed by atoms with Crippen LogP contribution in [0, 0.1) is 0 Å². The fourth-order valence-corrected chi connectivity index (χ4v) is 3.06. The summed E-state index contributed by atoms with van der Waals surface area (Å²) in [5.74, 6) is -1.18. The lowest BCUT2D eigenvalue weighted by molar-refractivity contribution is -0.204. The van der Waals surface area contributed by atoms with Gasteiger partial charge in [0.2, 0.25) is 0 Å². The Hall–Kier alpha value is -2.47. The molecule has 126 valence electrons. The van der Waals surface area contributed by atoms with Gasteiger partial charge in [0.05, 0.1) is 17.4 Å². The molecule has 2 heterocycles. The minimum absolute atomic E-state index is 0.195. The molecule has 1 aromatic rings. The average Bonchev–Trinajstić information content (AvgIpc) is 2.77. The van der Waals surface area contributed by atoms with Crippen LogP contribution < -0.4 is 4.90 Å². The minimum atomic E-state index is -0.459. The number of anilines is 1. The topological polar surface area (TPSA) is 72.9 Å². The second kappa shape index (κ2) is 5.87. The molecule has 0 radical (unpaired) electrons. The Morgan fingerprint density at radius 2 is 1.96 bits per heavy atom. The number of esters is 1. The van der Waals surface area contributed by atoms with Crippen LogP contribution in [0.2, 0.25) is 0 Å². The van der Waals surface area contributed by atoms with Crippen molar-refractivity contribution in [1.29, 1.82) is 0 Å². The molecule has 0 bridgehead atoms. The molecule has 0 N–H and O–H groups in total. The summed E-state index contributed by atoms with van der Waals surface area (Å²) >= 11 is 0. The highest BCUT2D eigenvalue weighted by Crippen LogP contribution is 2.32. The van der Waals surface area contributed by atoms with E-state index in [1.807, 2.05) is 13.8 Å². The van der Waals surface area contributed by atoms with E-state index >= 15 is 0 Å². The van der Waals surface area contributed by atoms with E-state index in [9.17, 15) is 14.4 Å². The van der Waals surface area contributed by atoms with Gasteiger partial charge in [0.15, 0.2) is 0 Å². The van der Waals surface area contributed by atoms with Crippen LogP contribution in [-0.4, -0.2) is 36.1 Å². The Labute approximate surface area is 140 Å². The molecule has 1 fully saturated rings. The Kier molecular flexibility index (Phi) is 4.01. The molecule has 0 spiro atoms. The number of rotatable bonds is 4. The maximum Gasteiger partial charge on any atom is 0.338 e. The molecule has 6 heteroatoms. The number of imide groups is 1. The maximum atomic E-state index is 12.1. The molecule has 3 rings (SSSR count). The highest BCUT2D eigenvalue weighted by Gasteiger charge is 2.40. The Bertz CT molecular complexity index is 728. The number of benzene rings is 1. The van der Waals surface area contributed by atoms with Gasteiger partial charge in [0.1, 0.15) is 12.2 Å². The summed E-state index contributed by atoms with van der Waals surface area (Å²) in [5.41, 5.74) is 0.773. The zero-order valence-electron chi connectivity index (χ0n) is 13.9. The summed E-state index contributed by atoms with van der Waals surface area (Å²) in [6, 6.07) is 6.20. The van der Waals surface area contributed by atoms with E-state index in [0.717, 1.165) is 11.3 Å². The number of hydrogen-bond donors (Lipinski definition) is 0. The lowest BCUT2D eigenvalue weighted by atomic mass is 9.93. The van der Waals surface area contributed by atoms with Crippen molar-refractivity contribution >= 4 is 23.5 Å². The van der Waals surface area contributed by atoms with E-state index in [1.165, 1.54) is 6.08 Å². The second-order valence-electron chi connectivity index (χ2n) is 6.51. The van der Waals surface area contributed by atoms with Crippen molar-refractivity contribution in [3.05, 3.63) is 41.5 Å². The highest BCUT2D eigenvalue weighted by atomic mass is 16.6. The van der Waals surface area contributed by atoms with E-state index in [1.54, 1.807) is 31.2 Å². The van der Waals surface area contributed by atoms with Crippen molar-refractivity contribution in [1.82, 2.24) is 0 Å². The summed E-state index contributed by atoms with van der Waals surface area (Å²) < 4.78 is 10.9. The van der Waals surface area contributed by atoms with Gasteiger partial charge in [0.25, 0.3) is 11.8 Å². The van der Waals surface area contributed by atoms with Crippen LogP contribution in [0.4, 0.5) is 5.69 Å². The van der Waals surface area contributed by atoms with E-state index in [-0.39, 0.29) is 24.5 Å². The number of hydrogen-bond acceptors (Lipinski definition) is 5. The summed E-state index contributed by atoms with van der Waals surface area (Å²) in [6.45, 7) is 5.67. The predicted octanol–water partition coefficient (Wildman–Crippen LogP) is 2.23. The third kappa shape index (κ3) is 2.97. The van der Waals surface area contributed by atoms with Gasteiger partial charge in [-0.3, -0.25) is 9.59 Å². The molecule has 2 atom stereocenters. The number of carbonyl (C=O) groups excluding carboxylic acids is 3. The SMILES string of the molecule is CC1=CC(=O)N(c2ccc(C(=O)OCC3(C)CC(C)O3)cc2)C1=O. The first-order valence-electron chi connectivity index (χ1n) is 7.81. The minimum Gasteiger partial charge on any atom is -0.459 e. The van der Waals surface area contributed by atoms with Crippen LogP contribution in [0.25, 0.3) is 0 Å². The van der Waals surface area contributed by atoms with Crippen LogP contribution in [0.15, 0.2) is 35.9 Å². The number of carbonyl (C=O) groups is 3. The summed E-state index contributed by atoms with van der Waals surface area (Å²) in [7, 11) is 0. The quantitative estimate of drug-likeness (QED) is 0.626. The van der Waals surface area contributed by atoms with E-state index < -0.39 is 11.6 Å². The fourth-order valence-electron chi connectivity index (χ4n) is 3.06. The second-order valence-corrected chi connectivity index (χ2v) is 6.51. The molecule has 0 saturated carbocycles. The Balaban J connectivity index is 1.63. The highest BCUT2D eigenvalue weighted by molar-refractivity contribution is 6.30. The van der Waals surface area contributed by atoms with Gasteiger partial charge in [0, 0.05) is 18.1 Å². The molecule has 1 saturated heterocycles. The summed E-state index contributed by atoms with van der Waals surface area (Å²) in [4.78, 5) is 36.9. The molecule has 0 aliphatic carbocycles. The largest absolute Gasteiger partial charge is 0.459 e. The molecular formula is C18H19NO5. The van der Waals surface area contributed by atoms with E-state index in [0.29, 0.717) is 16.8 Å². The number of ether oxygens (including phenoxy) is 2. The number of amides is 2. The molecule has 6 nitrogen and oxygen atoms in total. The van der Waals surface area contributed by atoms with Crippen molar-refractivity contribution in [3.8, 4) is 0 Å². The van der Waals surface area contributed by atoms with Crippen LogP contribution in [-0.2, 0) is 19.1 Å². The standard InChI is InChI=1S/C18H19NO5/c1-11-8-15(20)19(16(11)21)14-6-4-13(5-7-14)17(22)23-10-18(3)9-12(2)24-18/h4-8,12H,9-10H2,1-3H3. The Morgan fingerprint density at radius 1 is 1.33 bits per heavy atom. The average molecular weight is 329 g/mol. The normalized spacial score (nSPS) is 26.2. The molecule has 0 aromatic heterocycles. The van der Waals surface area contributed by atoms with E-state index in [4.69, 9.17) is 9.47 Å². The molecule has 2 aliphatic heterocycles. The lowest BCUT2D eigenvalue weighted by Crippen LogP contribution is -2.50. The van der Waals surface area contributed by atoms with Crippen molar-refractivity contribution in [3.63, 3.8) is 0 Å². The molecule has 1 aromatic carbocycles. The van der Waals surface area contributed by atoms with Gasteiger partial charge in [-0.1, -0.05) is 0 Å². The molecule has 2 unspecified atom stereocenters. The van der Waals surface area contributed by atoms with Crippen molar-refractivity contribution < 1.29 is 23.9 Å². The fraction of sp³-hybridized carbons (Fsp3) is 0.389. The van der Waals surface area contributed by atoms with Gasteiger partial charge in [-0.25, -0.2) is 9.69 Å². The van der Waals surface area contributed by atoms with E-state index in [2.05, 4.69) is 0 Å². The molecule has 24 heavy (non-hydrogen) atoms. The number of nitrogens with zero attached hydrogens (tertiary/aromatic N) is 1. The maximum absolute atomic E-state index is 12.1. The smallest absolute Gasteiger partial charge is 0.338 e. The summed E-state index contributed by atoms with van der Waals surface area (Å²) in [6.07, 6.45) is 2.34.